The van der Waals surface area contributed by atoms with Gasteiger partial charge in [0, 0.05) is 30.6 Å². The zero-order chi connectivity index (χ0) is 24.5. The molecule has 0 saturated heterocycles. The molecule has 0 atom stereocenters. The summed E-state index contributed by atoms with van der Waals surface area (Å²) in [4.78, 5) is 9.18. The number of rotatable bonds is 10. The SMILES string of the molecule is CN/C=C(\C(=N)CO/C(N)=C/C=C\N)c1cnc2ccc(Nc3cc(C(C)C)cnn3)nc2c1. The van der Waals surface area contributed by atoms with E-state index in [9.17, 15) is 0 Å². The Balaban J connectivity index is 1.85. The van der Waals surface area contributed by atoms with E-state index in [0.717, 1.165) is 11.1 Å². The molecule has 10 nitrogen and oxygen atoms in total. The van der Waals surface area contributed by atoms with Gasteiger partial charge >= 0.3 is 0 Å². The molecule has 0 aromatic carbocycles. The minimum atomic E-state index is -0.0216. The summed E-state index contributed by atoms with van der Waals surface area (Å²) in [6, 6.07) is 7.54. The van der Waals surface area contributed by atoms with Crippen molar-refractivity contribution >= 4 is 34.0 Å². The smallest absolute Gasteiger partial charge is 0.184 e. The summed E-state index contributed by atoms with van der Waals surface area (Å²) >= 11 is 0. The summed E-state index contributed by atoms with van der Waals surface area (Å²) in [5.74, 6) is 1.73. The number of hydrogen-bond acceptors (Lipinski definition) is 10. The van der Waals surface area contributed by atoms with Crippen LogP contribution in [0.15, 0.2) is 67.1 Å². The Labute approximate surface area is 198 Å². The first-order valence-corrected chi connectivity index (χ1v) is 10.7. The van der Waals surface area contributed by atoms with Crippen LogP contribution in [-0.4, -0.2) is 39.5 Å². The van der Waals surface area contributed by atoms with Crippen molar-refractivity contribution < 1.29 is 4.74 Å². The van der Waals surface area contributed by atoms with Crippen molar-refractivity contribution in [3.8, 4) is 0 Å². The van der Waals surface area contributed by atoms with Gasteiger partial charge in [0.05, 0.1) is 22.9 Å². The number of nitrogens with zero attached hydrogens (tertiary/aromatic N) is 4. The van der Waals surface area contributed by atoms with E-state index in [1.807, 2.05) is 24.3 Å². The molecule has 3 aromatic rings. The Hall–Kier alpha value is -4.47. The first kappa shape index (κ1) is 24.2. The minimum absolute atomic E-state index is 0.0216. The molecule has 3 heterocycles. The predicted octanol–water partition coefficient (Wildman–Crippen LogP) is 3.16. The fourth-order valence-corrected chi connectivity index (χ4v) is 3.03. The van der Waals surface area contributed by atoms with Crippen molar-refractivity contribution in [1.82, 2.24) is 25.5 Å². The number of fused-ring (bicyclic) bond motifs is 1. The van der Waals surface area contributed by atoms with E-state index in [0.29, 0.717) is 34.2 Å². The van der Waals surface area contributed by atoms with Crippen LogP contribution in [-0.2, 0) is 4.74 Å². The van der Waals surface area contributed by atoms with Gasteiger partial charge in [-0.1, -0.05) is 13.8 Å². The number of pyridine rings is 2. The second-order valence-electron chi connectivity index (χ2n) is 7.68. The van der Waals surface area contributed by atoms with E-state index >= 15 is 0 Å². The molecule has 176 valence electrons. The molecule has 34 heavy (non-hydrogen) atoms. The molecule has 0 radical (unpaired) electrons. The number of nitrogens with one attached hydrogen (secondary N) is 3. The average Bonchev–Trinajstić information content (AvgIpc) is 2.84. The molecule has 0 aliphatic carbocycles. The Morgan fingerprint density at radius 1 is 1.18 bits per heavy atom. The van der Waals surface area contributed by atoms with Gasteiger partial charge in [0.25, 0.3) is 0 Å². The molecule has 0 saturated carbocycles. The van der Waals surface area contributed by atoms with E-state index in [2.05, 4.69) is 44.6 Å². The van der Waals surface area contributed by atoms with Gasteiger partial charge in [-0.25, -0.2) is 4.98 Å². The summed E-state index contributed by atoms with van der Waals surface area (Å²) in [5.41, 5.74) is 15.1. The molecule has 0 amide bonds. The maximum atomic E-state index is 8.48. The van der Waals surface area contributed by atoms with E-state index < -0.39 is 0 Å². The van der Waals surface area contributed by atoms with Crippen LogP contribution >= 0.6 is 0 Å². The lowest BCUT2D eigenvalue weighted by Crippen LogP contribution is -2.15. The van der Waals surface area contributed by atoms with Gasteiger partial charge in [0.15, 0.2) is 11.7 Å². The number of hydrogen-bond donors (Lipinski definition) is 5. The Kier molecular flexibility index (Phi) is 8.11. The maximum Gasteiger partial charge on any atom is 0.184 e. The van der Waals surface area contributed by atoms with E-state index in [1.54, 1.807) is 31.7 Å². The zero-order valence-electron chi connectivity index (χ0n) is 19.4. The number of nitrogens with two attached hydrogens (primary N) is 2. The second kappa shape index (κ2) is 11.4. The topological polar surface area (TPSA) is 161 Å². The molecule has 7 N–H and O–H groups in total. The molecule has 0 aliphatic rings. The lowest BCUT2D eigenvalue weighted by molar-refractivity contribution is 0.256. The van der Waals surface area contributed by atoms with Crippen LogP contribution in [0.3, 0.4) is 0 Å². The van der Waals surface area contributed by atoms with Gasteiger partial charge in [-0.05, 0) is 54.1 Å². The second-order valence-corrected chi connectivity index (χ2v) is 7.68. The molecule has 0 unspecified atom stereocenters. The largest absolute Gasteiger partial charge is 0.473 e. The van der Waals surface area contributed by atoms with Crippen LogP contribution in [0.4, 0.5) is 11.6 Å². The molecule has 3 aromatic heterocycles. The fraction of sp³-hybridized carbons (Fsp3) is 0.208. The molecule has 0 bridgehead atoms. The molecule has 10 heteroatoms. The summed E-state index contributed by atoms with van der Waals surface area (Å²) < 4.78 is 5.43. The third-order valence-electron chi connectivity index (χ3n) is 4.82. The highest BCUT2D eigenvalue weighted by atomic mass is 16.5. The monoisotopic (exact) mass is 459 g/mol. The van der Waals surface area contributed by atoms with Crippen LogP contribution in [0.1, 0.15) is 30.9 Å². The highest BCUT2D eigenvalue weighted by molar-refractivity contribution is 6.23. The average molecular weight is 460 g/mol. The summed E-state index contributed by atoms with van der Waals surface area (Å²) in [7, 11) is 1.76. The molecule has 0 fully saturated rings. The molecular weight excluding hydrogens is 430 g/mol. The number of allylic oxidation sites excluding steroid dienone is 2. The Morgan fingerprint density at radius 2 is 2.00 bits per heavy atom. The molecule has 0 spiro atoms. The third kappa shape index (κ3) is 6.28. The van der Waals surface area contributed by atoms with Crippen LogP contribution in [0.2, 0.25) is 0 Å². The van der Waals surface area contributed by atoms with Crippen LogP contribution in [0.5, 0.6) is 0 Å². The van der Waals surface area contributed by atoms with Gasteiger partial charge in [0.1, 0.15) is 12.4 Å². The molecular formula is C24H29N9O. The van der Waals surface area contributed by atoms with Crippen molar-refractivity contribution in [3.63, 3.8) is 0 Å². The molecule has 0 aliphatic heterocycles. The fourth-order valence-electron chi connectivity index (χ4n) is 3.03. The highest BCUT2D eigenvalue weighted by Crippen LogP contribution is 2.23. The van der Waals surface area contributed by atoms with E-state index in [-0.39, 0.29) is 18.2 Å². The lowest BCUT2D eigenvalue weighted by Gasteiger charge is -2.12. The van der Waals surface area contributed by atoms with Crippen molar-refractivity contribution in [2.24, 2.45) is 11.5 Å². The van der Waals surface area contributed by atoms with Crippen molar-refractivity contribution in [2.75, 3.05) is 19.0 Å². The normalized spacial score (nSPS) is 12.4. The Bertz CT molecular complexity index is 1250. The quantitative estimate of drug-likeness (QED) is 0.174. The van der Waals surface area contributed by atoms with Crippen molar-refractivity contribution in [3.05, 3.63) is 78.2 Å². The van der Waals surface area contributed by atoms with Crippen molar-refractivity contribution in [2.45, 2.75) is 19.8 Å². The summed E-state index contributed by atoms with van der Waals surface area (Å²) in [6.07, 6.45) is 9.58. The Morgan fingerprint density at radius 3 is 2.74 bits per heavy atom. The van der Waals surface area contributed by atoms with E-state index in [4.69, 9.17) is 21.6 Å². The van der Waals surface area contributed by atoms with Crippen molar-refractivity contribution in [1.29, 1.82) is 5.41 Å². The van der Waals surface area contributed by atoms with Crippen LogP contribution < -0.4 is 22.1 Å². The first-order chi connectivity index (χ1) is 16.4. The summed E-state index contributed by atoms with van der Waals surface area (Å²) in [6.45, 7) is 4.18. The first-order valence-electron chi connectivity index (χ1n) is 10.7. The zero-order valence-corrected chi connectivity index (χ0v) is 19.4. The van der Waals surface area contributed by atoms with E-state index in [1.165, 1.54) is 12.3 Å². The standard InChI is InChI=1S/C24H29N9O/c1-15(2)16-10-24(33-30-12-16)32-23-7-6-20-21(31-23)9-17(11-29-20)18(13-28-3)19(26)14-34-22(27)5-4-8-25/h4-13,15,26,28H,14,25,27H2,1-3H3,(H,31,32,33)/b8-4-,18-13-,22-5+,26-19?. The van der Waals surface area contributed by atoms with Gasteiger partial charge < -0.3 is 32.2 Å². The minimum Gasteiger partial charge on any atom is -0.473 e. The highest BCUT2D eigenvalue weighted by Gasteiger charge is 2.12. The van der Waals surface area contributed by atoms with Gasteiger partial charge in [-0.2, -0.15) is 5.10 Å². The lowest BCUT2D eigenvalue weighted by atomic mass is 10.0. The van der Waals surface area contributed by atoms with Gasteiger partial charge in [-0.15, -0.1) is 5.10 Å². The predicted molar refractivity (Wildman–Crippen MR) is 135 cm³/mol. The summed E-state index contributed by atoms with van der Waals surface area (Å²) in [5, 5.41) is 22.8. The molecule has 3 rings (SSSR count). The number of ether oxygens (including phenoxy) is 1. The van der Waals surface area contributed by atoms with Crippen LogP contribution in [0.25, 0.3) is 16.6 Å². The van der Waals surface area contributed by atoms with Crippen LogP contribution in [0, 0.1) is 5.41 Å². The van der Waals surface area contributed by atoms with Gasteiger partial charge in [0.2, 0.25) is 0 Å². The third-order valence-corrected chi connectivity index (χ3v) is 4.82. The van der Waals surface area contributed by atoms with Gasteiger partial charge in [-0.3, -0.25) is 4.98 Å². The maximum absolute atomic E-state index is 8.48. The number of aromatic nitrogens is 4. The number of anilines is 2.